The second-order valence-electron chi connectivity index (χ2n) is 4.79. The van der Waals surface area contributed by atoms with Crippen LogP contribution in [0.4, 0.5) is 11.4 Å². The van der Waals surface area contributed by atoms with Crippen molar-refractivity contribution in [2.75, 3.05) is 17.2 Å². The summed E-state index contributed by atoms with van der Waals surface area (Å²) in [4.78, 5) is 6.80. The zero-order chi connectivity index (χ0) is 12.5. The van der Waals surface area contributed by atoms with Crippen molar-refractivity contribution in [3.8, 4) is 0 Å². The number of aromatic nitrogens is 1. The van der Waals surface area contributed by atoms with Crippen molar-refractivity contribution in [1.82, 2.24) is 4.98 Å². The molecule has 3 heteroatoms. The van der Waals surface area contributed by atoms with Gasteiger partial charge in [-0.15, -0.1) is 0 Å². The average Bonchev–Trinajstić information content (AvgIpc) is 2.77. The summed E-state index contributed by atoms with van der Waals surface area (Å²) in [7, 11) is 0. The Hall–Kier alpha value is -2.03. The second-order valence-corrected chi connectivity index (χ2v) is 4.79. The number of para-hydroxylation sites is 1. The van der Waals surface area contributed by atoms with Gasteiger partial charge in [-0.2, -0.15) is 0 Å². The molecule has 0 amide bonds. The van der Waals surface area contributed by atoms with Gasteiger partial charge in [0.2, 0.25) is 0 Å². The Morgan fingerprint density at radius 2 is 2.17 bits per heavy atom. The molecule has 0 saturated carbocycles. The summed E-state index contributed by atoms with van der Waals surface area (Å²) in [5.41, 5.74) is 11.9. The Balaban J connectivity index is 1.92. The molecule has 92 valence electrons. The highest BCUT2D eigenvalue weighted by atomic mass is 15.2. The normalized spacial score (nSPS) is 13.7. The first-order chi connectivity index (χ1) is 8.75. The SMILES string of the molecule is Cc1cccnc1CN1CCc2cccc(N)c21. The van der Waals surface area contributed by atoms with Gasteiger partial charge in [-0.25, -0.2) is 0 Å². The van der Waals surface area contributed by atoms with Crippen molar-refractivity contribution in [1.29, 1.82) is 0 Å². The number of hydrogen-bond acceptors (Lipinski definition) is 3. The van der Waals surface area contributed by atoms with Crippen LogP contribution in [0.1, 0.15) is 16.8 Å². The molecule has 2 heterocycles. The number of anilines is 2. The van der Waals surface area contributed by atoms with Gasteiger partial charge in [-0.05, 0) is 36.6 Å². The van der Waals surface area contributed by atoms with Crippen LogP contribution in [0.15, 0.2) is 36.5 Å². The standard InChI is InChI=1S/C15H17N3/c1-11-4-3-8-17-14(11)10-18-9-7-12-5-2-6-13(16)15(12)18/h2-6,8H,7,9-10,16H2,1H3. The molecule has 0 unspecified atom stereocenters. The van der Waals surface area contributed by atoms with Gasteiger partial charge >= 0.3 is 0 Å². The Bertz CT molecular complexity index is 578. The molecule has 0 radical (unpaired) electrons. The summed E-state index contributed by atoms with van der Waals surface area (Å²) >= 11 is 0. The number of nitrogen functional groups attached to an aromatic ring is 1. The molecule has 18 heavy (non-hydrogen) atoms. The highest BCUT2D eigenvalue weighted by Gasteiger charge is 2.21. The van der Waals surface area contributed by atoms with E-state index in [1.165, 1.54) is 16.8 Å². The maximum Gasteiger partial charge on any atom is 0.0636 e. The van der Waals surface area contributed by atoms with E-state index in [1.807, 2.05) is 24.4 Å². The van der Waals surface area contributed by atoms with Gasteiger partial charge in [0.25, 0.3) is 0 Å². The fraction of sp³-hybridized carbons (Fsp3) is 0.267. The largest absolute Gasteiger partial charge is 0.397 e. The van der Waals surface area contributed by atoms with Crippen molar-refractivity contribution >= 4 is 11.4 Å². The first-order valence-corrected chi connectivity index (χ1v) is 6.28. The van der Waals surface area contributed by atoms with Crippen molar-refractivity contribution in [2.24, 2.45) is 0 Å². The Labute approximate surface area is 107 Å². The number of fused-ring (bicyclic) bond motifs is 1. The van der Waals surface area contributed by atoms with Gasteiger partial charge in [-0.3, -0.25) is 4.98 Å². The van der Waals surface area contributed by atoms with Crippen LogP contribution in [0.5, 0.6) is 0 Å². The molecule has 2 aromatic rings. The number of pyridine rings is 1. The predicted octanol–water partition coefficient (Wildman–Crippen LogP) is 2.53. The fourth-order valence-electron chi connectivity index (χ4n) is 2.59. The summed E-state index contributed by atoms with van der Waals surface area (Å²) in [6.45, 7) is 3.97. The zero-order valence-corrected chi connectivity index (χ0v) is 10.6. The molecular weight excluding hydrogens is 222 g/mol. The van der Waals surface area contributed by atoms with Crippen LogP contribution in [0.3, 0.4) is 0 Å². The van der Waals surface area contributed by atoms with Gasteiger partial charge in [0.1, 0.15) is 0 Å². The van der Waals surface area contributed by atoms with E-state index in [1.54, 1.807) is 0 Å². The van der Waals surface area contributed by atoms with Crippen molar-refractivity contribution in [3.63, 3.8) is 0 Å². The molecule has 1 aliphatic heterocycles. The van der Waals surface area contributed by atoms with Crippen LogP contribution in [0, 0.1) is 6.92 Å². The first kappa shape index (κ1) is 11.1. The molecule has 1 aromatic heterocycles. The minimum atomic E-state index is 0.841. The summed E-state index contributed by atoms with van der Waals surface area (Å²) in [6, 6.07) is 10.3. The lowest BCUT2D eigenvalue weighted by molar-refractivity contribution is 0.809. The van der Waals surface area contributed by atoms with E-state index >= 15 is 0 Å². The lowest BCUT2D eigenvalue weighted by atomic mass is 10.1. The van der Waals surface area contributed by atoms with Crippen LogP contribution in [0.25, 0.3) is 0 Å². The van der Waals surface area contributed by atoms with Crippen molar-refractivity contribution in [2.45, 2.75) is 19.9 Å². The molecule has 0 atom stereocenters. The van der Waals surface area contributed by atoms with E-state index in [2.05, 4.69) is 28.9 Å². The average molecular weight is 239 g/mol. The number of hydrogen-bond donors (Lipinski definition) is 1. The Kier molecular flexibility index (Phi) is 2.67. The predicted molar refractivity (Wildman–Crippen MR) is 74.6 cm³/mol. The maximum atomic E-state index is 6.09. The van der Waals surface area contributed by atoms with E-state index in [0.717, 1.165) is 30.9 Å². The fourth-order valence-corrected chi connectivity index (χ4v) is 2.59. The number of nitrogens with zero attached hydrogens (tertiary/aromatic N) is 2. The third-order valence-corrected chi connectivity index (χ3v) is 3.58. The molecule has 2 N–H and O–H groups in total. The summed E-state index contributed by atoms with van der Waals surface area (Å²) in [6.07, 6.45) is 2.93. The lowest BCUT2D eigenvalue weighted by Gasteiger charge is -2.21. The van der Waals surface area contributed by atoms with Gasteiger partial charge in [0.05, 0.1) is 23.6 Å². The van der Waals surface area contributed by atoms with E-state index in [0.29, 0.717) is 0 Å². The number of rotatable bonds is 2. The van der Waals surface area contributed by atoms with Crippen LogP contribution in [0.2, 0.25) is 0 Å². The molecule has 0 spiro atoms. The third-order valence-electron chi connectivity index (χ3n) is 3.58. The van der Waals surface area contributed by atoms with E-state index in [9.17, 15) is 0 Å². The van der Waals surface area contributed by atoms with Crippen LogP contribution in [-0.2, 0) is 13.0 Å². The topological polar surface area (TPSA) is 42.2 Å². The molecule has 0 fully saturated rings. The monoisotopic (exact) mass is 239 g/mol. The molecule has 0 bridgehead atoms. The van der Waals surface area contributed by atoms with E-state index in [-0.39, 0.29) is 0 Å². The van der Waals surface area contributed by atoms with Crippen molar-refractivity contribution in [3.05, 3.63) is 53.3 Å². The highest BCUT2D eigenvalue weighted by Crippen LogP contribution is 2.34. The van der Waals surface area contributed by atoms with Gasteiger partial charge in [0, 0.05) is 12.7 Å². The van der Waals surface area contributed by atoms with Gasteiger partial charge < -0.3 is 10.6 Å². The van der Waals surface area contributed by atoms with Crippen LogP contribution >= 0.6 is 0 Å². The number of nitrogens with two attached hydrogens (primary N) is 1. The lowest BCUT2D eigenvalue weighted by Crippen LogP contribution is -2.21. The quantitative estimate of drug-likeness (QED) is 0.819. The minimum Gasteiger partial charge on any atom is -0.397 e. The number of aryl methyl sites for hydroxylation is 1. The molecule has 3 rings (SSSR count). The summed E-state index contributed by atoms with van der Waals surface area (Å²) in [5.74, 6) is 0. The van der Waals surface area contributed by atoms with Gasteiger partial charge in [0.15, 0.2) is 0 Å². The van der Waals surface area contributed by atoms with E-state index in [4.69, 9.17) is 5.73 Å². The molecule has 0 aliphatic carbocycles. The Morgan fingerprint density at radius 3 is 3.00 bits per heavy atom. The summed E-state index contributed by atoms with van der Waals surface area (Å²) in [5, 5.41) is 0. The second kappa shape index (κ2) is 4.33. The third kappa shape index (κ3) is 1.82. The Morgan fingerprint density at radius 1 is 1.28 bits per heavy atom. The van der Waals surface area contributed by atoms with Crippen molar-refractivity contribution < 1.29 is 0 Å². The van der Waals surface area contributed by atoms with Crippen LogP contribution < -0.4 is 10.6 Å². The molecule has 3 nitrogen and oxygen atoms in total. The van der Waals surface area contributed by atoms with Gasteiger partial charge in [-0.1, -0.05) is 18.2 Å². The number of benzene rings is 1. The molecule has 1 aromatic carbocycles. The smallest absolute Gasteiger partial charge is 0.0636 e. The maximum absolute atomic E-state index is 6.09. The molecular formula is C15H17N3. The first-order valence-electron chi connectivity index (χ1n) is 6.28. The molecule has 0 saturated heterocycles. The van der Waals surface area contributed by atoms with E-state index < -0.39 is 0 Å². The highest BCUT2D eigenvalue weighted by molar-refractivity contribution is 5.74. The zero-order valence-electron chi connectivity index (χ0n) is 10.6. The summed E-state index contributed by atoms with van der Waals surface area (Å²) < 4.78 is 0. The van der Waals surface area contributed by atoms with Crippen LogP contribution in [-0.4, -0.2) is 11.5 Å². The minimum absolute atomic E-state index is 0.841. The molecule has 1 aliphatic rings.